The van der Waals surface area contributed by atoms with E-state index in [4.69, 9.17) is 9.97 Å². The molecule has 0 unspecified atom stereocenters. The number of hydrogen-bond donors (Lipinski definition) is 1. The molecule has 0 spiro atoms. The van der Waals surface area contributed by atoms with Crippen LogP contribution in [-0.4, -0.2) is 19.6 Å². The Bertz CT molecular complexity index is 3040. The van der Waals surface area contributed by atoms with Gasteiger partial charge in [0.15, 0.2) is 0 Å². The van der Waals surface area contributed by atoms with E-state index in [1.54, 1.807) is 0 Å². The first-order valence-corrected chi connectivity index (χ1v) is 22.1. The second kappa shape index (κ2) is 16.3. The lowest BCUT2D eigenvalue weighted by atomic mass is 9.79. The van der Waals surface area contributed by atoms with E-state index in [1.165, 1.54) is 5.56 Å². The minimum Gasteiger partial charge on any atom is -0.507 e. The molecule has 1 N–H and O–H groups in total. The summed E-state index contributed by atoms with van der Waals surface area (Å²) in [7, 11) is 0. The van der Waals surface area contributed by atoms with Crippen molar-refractivity contribution in [2.45, 2.75) is 72.1 Å². The van der Waals surface area contributed by atoms with Crippen LogP contribution in [0.25, 0.3) is 83.9 Å². The van der Waals surface area contributed by atoms with Crippen molar-refractivity contribution < 1.29 is 5.11 Å². The summed E-state index contributed by atoms with van der Waals surface area (Å²) in [6.07, 6.45) is 1.91. The first kappa shape index (κ1) is 41.3. The van der Waals surface area contributed by atoms with E-state index in [9.17, 15) is 5.11 Å². The summed E-state index contributed by atoms with van der Waals surface area (Å²) in [6.45, 7) is 17.7. The zero-order chi connectivity index (χ0) is 44.0. The second-order valence-electron chi connectivity index (χ2n) is 19.1. The van der Waals surface area contributed by atoms with E-state index in [1.807, 2.05) is 12.3 Å². The molecule has 0 atom stereocenters. The number of aromatic hydroxyl groups is 1. The number of fused-ring (bicyclic) bond motifs is 1. The second-order valence-corrected chi connectivity index (χ2v) is 19.1. The van der Waals surface area contributed by atoms with Crippen LogP contribution in [0.5, 0.6) is 5.75 Å². The van der Waals surface area contributed by atoms with Gasteiger partial charge in [-0.25, -0.2) is 4.98 Å². The van der Waals surface area contributed by atoms with Gasteiger partial charge in [-0.15, -0.1) is 0 Å². The number of para-hydroxylation sites is 2. The zero-order valence-electron chi connectivity index (χ0n) is 37.6. The molecule has 2 aromatic heterocycles. The molecule has 0 saturated carbocycles. The van der Waals surface area contributed by atoms with E-state index < -0.39 is 0 Å². The third-order valence-electron chi connectivity index (χ3n) is 12.2. The van der Waals surface area contributed by atoms with Crippen LogP contribution in [0.2, 0.25) is 0 Å². The Labute approximate surface area is 372 Å². The van der Waals surface area contributed by atoms with Gasteiger partial charge < -0.3 is 5.11 Å². The van der Waals surface area contributed by atoms with Crippen LogP contribution in [0.4, 0.5) is 0 Å². The van der Waals surface area contributed by atoms with Gasteiger partial charge in [0, 0.05) is 34.0 Å². The third-order valence-corrected chi connectivity index (χ3v) is 12.2. The Kier molecular flexibility index (Phi) is 10.7. The van der Waals surface area contributed by atoms with Crippen LogP contribution in [0, 0.1) is 0 Å². The summed E-state index contributed by atoms with van der Waals surface area (Å²) in [5.74, 6) is 1.21. The summed E-state index contributed by atoms with van der Waals surface area (Å²) < 4.78 is 2.32. The Balaban J connectivity index is 1.39. The molecule has 9 rings (SSSR count). The lowest BCUT2D eigenvalue weighted by Gasteiger charge is -2.28. The van der Waals surface area contributed by atoms with Crippen molar-refractivity contribution in [2.75, 3.05) is 0 Å². The fourth-order valence-corrected chi connectivity index (χ4v) is 8.72. The van der Waals surface area contributed by atoms with Crippen LogP contribution in [-0.2, 0) is 10.8 Å². The SMILES string of the molecule is CC(C)c1cc(-c2cc(-c3ccccc3)ccn2)cc(-c2cccc3c2nc(-c2cc(C(C)(C)C)cc(C(C)(C)C)c2O)n3-c2c(-c3ccccc3)cccc2-c2ccccc2)c1. The molecule has 4 heteroatoms. The van der Waals surface area contributed by atoms with E-state index in [0.29, 0.717) is 11.4 Å². The number of aromatic nitrogens is 3. The molecule has 0 amide bonds. The molecule has 4 nitrogen and oxygen atoms in total. The topological polar surface area (TPSA) is 50.9 Å². The fourth-order valence-electron chi connectivity index (χ4n) is 8.72. The van der Waals surface area contributed by atoms with Crippen molar-refractivity contribution in [3.8, 4) is 78.6 Å². The first-order valence-electron chi connectivity index (χ1n) is 22.1. The maximum atomic E-state index is 12.6. The Morgan fingerprint density at radius 1 is 0.492 bits per heavy atom. The van der Waals surface area contributed by atoms with E-state index in [-0.39, 0.29) is 22.5 Å². The lowest BCUT2D eigenvalue weighted by molar-refractivity contribution is 0.446. The van der Waals surface area contributed by atoms with Crippen molar-refractivity contribution in [2.24, 2.45) is 0 Å². The largest absolute Gasteiger partial charge is 0.507 e. The number of benzene rings is 7. The molecule has 0 fully saturated rings. The third kappa shape index (κ3) is 7.98. The molecule has 0 aliphatic heterocycles. The predicted octanol–water partition coefficient (Wildman–Crippen LogP) is 15.8. The number of phenols is 1. The van der Waals surface area contributed by atoms with Crippen LogP contribution >= 0.6 is 0 Å². The smallest absolute Gasteiger partial charge is 0.149 e. The maximum absolute atomic E-state index is 12.6. The summed E-state index contributed by atoms with van der Waals surface area (Å²) in [5, 5.41) is 12.6. The summed E-state index contributed by atoms with van der Waals surface area (Å²) in [6, 6.07) is 60.2. The molecule has 0 bridgehead atoms. The minimum atomic E-state index is -0.335. The van der Waals surface area contributed by atoms with Gasteiger partial charge in [0.2, 0.25) is 0 Å². The Hall–Kier alpha value is -7.04. The molecule has 9 aromatic rings. The van der Waals surface area contributed by atoms with Crippen LogP contribution in [0.1, 0.15) is 78.0 Å². The standard InChI is InChI=1S/C59H55N3O/c1-38(2)43-32-44(34-45(33-43)52-35-42(30-31-60-52)39-20-12-9-13-21-39)47-26-19-29-53-54(47)61-57(50-36-46(58(3,4)5)37-51(56(50)63)59(6,7)8)62(53)55-48(40-22-14-10-15-23-40)27-18-28-49(55)41-24-16-11-17-25-41/h9-38,63H,1-8H3. The fraction of sp³-hybridized carbons (Fsp3) is 0.186. The molecule has 63 heavy (non-hydrogen) atoms. The van der Waals surface area contributed by atoms with Crippen LogP contribution in [0.3, 0.4) is 0 Å². The first-order chi connectivity index (χ1) is 30.3. The molecule has 0 radical (unpaired) electrons. The highest BCUT2D eigenvalue weighted by Gasteiger charge is 2.30. The number of rotatable bonds is 8. The molecule has 0 aliphatic rings. The van der Waals surface area contributed by atoms with Crippen LogP contribution in [0.15, 0.2) is 176 Å². The van der Waals surface area contributed by atoms with Gasteiger partial charge in [-0.1, -0.05) is 189 Å². The number of phenolic OH excluding ortho intramolecular Hbond substituents is 1. The van der Waals surface area contributed by atoms with Gasteiger partial charge in [0.05, 0.1) is 28.0 Å². The van der Waals surface area contributed by atoms with Crippen molar-refractivity contribution in [3.05, 3.63) is 193 Å². The predicted molar refractivity (Wildman–Crippen MR) is 265 cm³/mol. The van der Waals surface area contributed by atoms with Crippen molar-refractivity contribution in [1.29, 1.82) is 0 Å². The number of imidazole rings is 1. The highest BCUT2D eigenvalue weighted by atomic mass is 16.3. The van der Waals surface area contributed by atoms with Gasteiger partial charge in [-0.3, -0.25) is 9.55 Å². The Morgan fingerprint density at radius 2 is 1.06 bits per heavy atom. The summed E-state index contributed by atoms with van der Waals surface area (Å²) in [4.78, 5) is 10.7. The summed E-state index contributed by atoms with van der Waals surface area (Å²) >= 11 is 0. The van der Waals surface area contributed by atoms with E-state index >= 15 is 0 Å². The van der Waals surface area contributed by atoms with Gasteiger partial charge in [0.25, 0.3) is 0 Å². The van der Waals surface area contributed by atoms with Crippen molar-refractivity contribution >= 4 is 11.0 Å². The van der Waals surface area contributed by atoms with Crippen LogP contribution < -0.4 is 0 Å². The number of hydrogen-bond acceptors (Lipinski definition) is 3. The van der Waals surface area contributed by atoms with E-state index in [2.05, 4.69) is 224 Å². The van der Waals surface area contributed by atoms with Gasteiger partial charge in [-0.2, -0.15) is 0 Å². The normalized spacial score (nSPS) is 12.0. The molecule has 2 heterocycles. The molecule has 7 aromatic carbocycles. The quantitative estimate of drug-likeness (QED) is 0.166. The highest BCUT2D eigenvalue weighted by molar-refractivity contribution is 5.99. The monoisotopic (exact) mass is 821 g/mol. The maximum Gasteiger partial charge on any atom is 0.149 e. The zero-order valence-corrected chi connectivity index (χ0v) is 37.6. The minimum absolute atomic E-state index is 0.193. The number of nitrogens with zero attached hydrogens (tertiary/aromatic N) is 3. The van der Waals surface area contributed by atoms with Crippen molar-refractivity contribution in [3.63, 3.8) is 0 Å². The average molecular weight is 822 g/mol. The molecular weight excluding hydrogens is 767 g/mol. The number of pyridine rings is 1. The van der Waals surface area contributed by atoms with Crippen molar-refractivity contribution in [1.82, 2.24) is 14.5 Å². The summed E-state index contributed by atoms with van der Waals surface area (Å²) in [5.41, 5.74) is 16.9. The molecule has 312 valence electrons. The molecular formula is C59H55N3O. The van der Waals surface area contributed by atoms with Gasteiger partial charge >= 0.3 is 0 Å². The van der Waals surface area contributed by atoms with Gasteiger partial charge in [-0.05, 0) is 92.1 Å². The molecule has 0 aliphatic carbocycles. The molecule has 0 saturated heterocycles. The highest BCUT2D eigenvalue weighted by Crippen LogP contribution is 2.47. The lowest BCUT2D eigenvalue weighted by Crippen LogP contribution is -2.17. The average Bonchev–Trinajstić information content (AvgIpc) is 3.68. The van der Waals surface area contributed by atoms with Gasteiger partial charge in [0.1, 0.15) is 11.6 Å². The Morgan fingerprint density at radius 3 is 1.65 bits per heavy atom. The van der Waals surface area contributed by atoms with E-state index in [0.717, 1.165) is 83.6 Å².